The normalized spacial score (nSPS) is 11.3. The summed E-state index contributed by atoms with van der Waals surface area (Å²) >= 11 is 1.38. The van der Waals surface area contributed by atoms with E-state index in [0.29, 0.717) is 16.4 Å². The van der Waals surface area contributed by atoms with Gasteiger partial charge in [-0.2, -0.15) is 0 Å². The number of benzene rings is 1. The second-order valence-corrected chi connectivity index (χ2v) is 8.93. The molecule has 1 aromatic carbocycles. The van der Waals surface area contributed by atoms with E-state index >= 15 is 0 Å². The lowest BCUT2D eigenvalue weighted by molar-refractivity contribution is -0.119. The molecule has 0 aliphatic carbocycles. The summed E-state index contributed by atoms with van der Waals surface area (Å²) < 4.78 is 9.95. The van der Waals surface area contributed by atoms with Crippen LogP contribution in [0.4, 0.5) is 5.13 Å². The first kappa shape index (κ1) is 22.5. The van der Waals surface area contributed by atoms with Crippen molar-refractivity contribution in [1.29, 1.82) is 0 Å². The number of nitrogens with zero attached hydrogens (tertiary/aromatic N) is 7. The Balaban J connectivity index is 1.56. The van der Waals surface area contributed by atoms with Crippen LogP contribution in [0.1, 0.15) is 5.56 Å². The molecule has 35 heavy (non-hydrogen) atoms. The Morgan fingerprint density at radius 3 is 2.74 bits per heavy atom. The Morgan fingerprint density at radius 2 is 2.00 bits per heavy atom. The summed E-state index contributed by atoms with van der Waals surface area (Å²) in [6.45, 7) is 0.0796. The third-order valence-corrected chi connectivity index (χ3v) is 6.76. The molecular weight excluding hydrogens is 470 g/mol. The van der Waals surface area contributed by atoms with Gasteiger partial charge in [-0.3, -0.25) is 28.6 Å². The minimum Gasteiger partial charge on any atom is -0.497 e. The van der Waals surface area contributed by atoms with Gasteiger partial charge in [-0.1, -0.05) is 17.4 Å². The molecule has 0 unspecified atom stereocenters. The number of ether oxygens (including phenoxy) is 1. The number of imidazole rings is 1. The highest BCUT2D eigenvalue weighted by Crippen LogP contribution is 2.32. The number of fused-ring (bicyclic) bond motifs is 2. The minimum absolute atomic E-state index is 0.163. The summed E-state index contributed by atoms with van der Waals surface area (Å²) in [7, 11) is 4.52. The predicted octanol–water partition coefficient (Wildman–Crippen LogP) is 1.68. The van der Waals surface area contributed by atoms with Gasteiger partial charge in [-0.05, 0) is 23.8 Å². The summed E-state index contributed by atoms with van der Waals surface area (Å²) in [5.41, 5.74) is 0.938. The largest absolute Gasteiger partial charge is 0.497 e. The molecule has 12 heteroatoms. The molecule has 0 saturated heterocycles. The zero-order chi connectivity index (χ0) is 24.7. The zero-order valence-corrected chi connectivity index (χ0v) is 20.0. The van der Waals surface area contributed by atoms with Crippen LogP contribution in [0.15, 0.2) is 58.6 Å². The van der Waals surface area contributed by atoms with Crippen molar-refractivity contribution in [2.75, 3.05) is 12.0 Å². The van der Waals surface area contributed by atoms with Crippen molar-refractivity contribution in [2.24, 2.45) is 14.1 Å². The average molecular weight is 492 g/mol. The van der Waals surface area contributed by atoms with Crippen LogP contribution in [0.2, 0.25) is 0 Å². The van der Waals surface area contributed by atoms with Gasteiger partial charge in [-0.25, -0.2) is 14.8 Å². The molecule has 4 aromatic heterocycles. The quantitative estimate of drug-likeness (QED) is 0.355. The summed E-state index contributed by atoms with van der Waals surface area (Å²) in [6, 6.07) is 9.23. The lowest BCUT2D eigenvalue weighted by atomic mass is 10.2. The maximum absolute atomic E-state index is 13.6. The molecule has 11 nitrogen and oxygen atoms in total. The number of rotatable bonds is 6. The van der Waals surface area contributed by atoms with E-state index < -0.39 is 11.2 Å². The molecular formula is C23H21N7O4S. The fourth-order valence-corrected chi connectivity index (χ4v) is 4.78. The van der Waals surface area contributed by atoms with Crippen LogP contribution in [0.25, 0.3) is 21.4 Å². The van der Waals surface area contributed by atoms with Crippen LogP contribution >= 0.6 is 11.3 Å². The van der Waals surface area contributed by atoms with Crippen LogP contribution in [0, 0.1) is 0 Å². The van der Waals surface area contributed by atoms with E-state index in [9.17, 15) is 14.4 Å². The second kappa shape index (κ2) is 8.80. The van der Waals surface area contributed by atoms with Gasteiger partial charge in [0.25, 0.3) is 5.56 Å². The number of carbonyl (C=O) groups excluding carboxylic acids is 1. The molecule has 4 heterocycles. The van der Waals surface area contributed by atoms with Crippen molar-refractivity contribution in [3.63, 3.8) is 0 Å². The van der Waals surface area contributed by atoms with Gasteiger partial charge in [-0.15, -0.1) is 0 Å². The SMILES string of the molecule is COc1ccc2sc(N(Cc3cccnc3)C(=O)Cn3cnc4c3c(=O)n(C)c(=O)n4C)nc2c1. The highest BCUT2D eigenvalue weighted by atomic mass is 32.1. The van der Waals surface area contributed by atoms with Crippen molar-refractivity contribution in [3.05, 3.63) is 75.5 Å². The van der Waals surface area contributed by atoms with E-state index in [0.717, 1.165) is 14.8 Å². The molecule has 0 bridgehead atoms. The topological polar surface area (TPSA) is 117 Å². The summed E-state index contributed by atoms with van der Waals surface area (Å²) in [4.78, 5) is 53.3. The Bertz CT molecular complexity index is 1680. The smallest absolute Gasteiger partial charge is 0.332 e. The van der Waals surface area contributed by atoms with E-state index in [1.165, 1.54) is 40.9 Å². The van der Waals surface area contributed by atoms with Gasteiger partial charge in [0.05, 0.1) is 30.2 Å². The second-order valence-electron chi connectivity index (χ2n) is 7.92. The third-order valence-electron chi connectivity index (χ3n) is 5.70. The van der Waals surface area contributed by atoms with Gasteiger partial charge >= 0.3 is 5.69 Å². The molecule has 0 atom stereocenters. The van der Waals surface area contributed by atoms with Crippen LogP contribution in [-0.2, 0) is 32.0 Å². The third kappa shape index (κ3) is 3.97. The average Bonchev–Trinajstić information content (AvgIpc) is 3.49. The van der Waals surface area contributed by atoms with Crippen LogP contribution in [0.5, 0.6) is 5.75 Å². The number of anilines is 1. The van der Waals surface area contributed by atoms with E-state index in [1.54, 1.807) is 30.5 Å². The lowest BCUT2D eigenvalue weighted by Gasteiger charge is -2.20. The molecule has 0 saturated carbocycles. The number of aryl methyl sites for hydroxylation is 1. The molecule has 178 valence electrons. The molecule has 0 radical (unpaired) electrons. The monoisotopic (exact) mass is 491 g/mol. The maximum Gasteiger partial charge on any atom is 0.332 e. The number of methoxy groups -OCH3 is 1. The maximum atomic E-state index is 13.6. The van der Waals surface area contributed by atoms with Gasteiger partial charge in [0.2, 0.25) is 5.91 Å². The molecule has 0 N–H and O–H groups in total. The van der Waals surface area contributed by atoms with Gasteiger partial charge in [0.1, 0.15) is 12.3 Å². The van der Waals surface area contributed by atoms with Crippen LogP contribution in [-0.4, -0.2) is 41.7 Å². The molecule has 5 rings (SSSR count). The van der Waals surface area contributed by atoms with Crippen molar-refractivity contribution >= 4 is 43.8 Å². The summed E-state index contributed by atoms with van der Waals surface area (Å²) in [5, 5.41) is 0.506. The molecule has 1 amide bonds. The van der Waals surface area contributed by atoms with Crippen molar-refractivity contribution in [3.8, 4) is 5.75 Å². The Hall–Kier alpha value is -4.32. The molecule has 5 aromatic rings. The van der Waals surface area contributed by atoms with Gasteiger partial charge < -0.3 is 9.30 Å². The lowest BCUT2D eigenvalue weighted by Crippen LogP contribution is -2.38. The molecule has 0 spiro atoms. The minimum atomic E-state index is -0.515. The predicted molar refractivity (Wildman–Crippen MR) is 132 cm³/mol. The first-order chi connectivity index (χ1) is 16.9. The van der Waals surface area contributed by atoms with E-state index in [-0.39, 0.29) is 30.2 Å². The molecule has 0 aliphatic rings. The highest BCUT2D eigenvalue weighted by molar-refractivity contribution is 7.22. The Morgan fingerprint density at radius 1 is 1.17 bits per heavy atom. The number of carbonyl (C=O) groups is 1. The van der Waals surface area contributed by atoms with Crippen molar-refractivity contribution in [2.45, 2.75) is 13.1 Å². The Kier molecular flexibility index (Phi) is 5.65. The first-order valence-electron chi connectivity index (χ1n) is 10.6. The number of pyridine rings is 1. The number of hydrogen-bond acceptors (Lipinski definition) is 8. The summed E-state index contributed by atoms with van der Waals surface area (Å²) in [6.07, 6.45) is 4.75. The van der Waals surface area contributed by atoms with E-state index in [2.05, 4.69) is 15.0 Å². The van der Waals surface area contributed by atoms with E-state index in [1.807, 2.05) is 24.3 Å². The highest BCUT2D eigenvalue weighted by Gasteiger charge is 2.23. The van der Waals surface area contributed by atoms with Crippen molar-refractivity contribution < 1.29 is 9.53 Å². The van der Waals surface area contributed by atoms with Crippen LogP contribution < -0.4 is 20.9 Å². The van der Waals surface area contributed by atoms with Gasteiger partial charge in [0.15, 0.2) is 16.3 Å². The zero-order valence-electron chi connectivity index (χ0n) is 19.2. The van der Waals surface area contributed by atoms with Crippen LogP contribution in [0.3, 0.4) is 0 Å². The van der Waals surface area contributed by atoms with E-state index in [4.69, 9.17) is 4.74 Å². The fraction of sp³-hybridized carbons (Fsp3) is 0.217. The number of hydrogen-bond donors (Lipinski definition) is 0. The molecule has 0 fully saturated rings. The molecule has 0 aliphatic heterocycles. The first-order valence-corrected chi connectivity index (χ1v) is 11.4. The number of thiazole rings is 1. The van der Waals surface area contributed by atoms with Crippen molar-refractivity contribution in [1.82, 2.24) is 28.7 Å². The van der Waals surface area contributed by atoms with Gasteiger partial charge in [0, 0.05) is 32.6 Å². The number of aromatic nitrogens is 6. The Labute approximate surface area is 202 Å². The number of amides is 1. The fourth-order valence-electron chi connectivity index (χ4n) is 3.82. The standard InChI is InChI=1S/C23H21N7O4S/c1-27-20-19(21(32)28(2)23(27)33)29(13-25-20)12-18(31)30(11-14-5-4-8-24-10-14)22-26-16-9-15(34-3)6-7-17(16)35-22/h4-10,13H,11-12H2,1-3H3. The summed E-state index contributed by atoms with van der Waals surface area (Å²) in [5.74, 6) is 0.376.